The number of halogens is 3. The first-order chi connectivity index (χ1) is 8.80. The van der Waals surface area contributed by atoms with Crippen LogP contribution in [-0.4, -0.2) is 18.0 Å². The Bertz CT molecular complexity index is 481. The molecule has 0 bridgehead atoms. The Balaban J connectivity index is 2.03. The van der Waals surface area contributed by atoms with Gasteiger partial charge in [-0.25, -0.2) is 0 Å². The summed E-state index contributed by atoms with van der Waals surface area (Å²) in [5, 5.41) is 2.59. The number of amides is 1. The first-order valence-electron chi connectivity index (χ1n) is 6.05. The normalized spacial score (nSPS) is 17.7. The fourth-order valence-corrected chi connectivity index (χ4v) is 2.00. The van der Waals surface area contributed by atoms with E-state index in [9.17, 15) is 18.0 Å². The number of rotatable bonds is 3. The quantitative estimate of drug-likeness (QED) is 0.887. The molecule has 3 nitrogen and oxygen atoms in total. The molecular weight excluding hydrogens is 257 g/mol. The Morgan fingerprint density at radius 1 is 1.37 bits per heavy atom. The molecule has 0 unspecified atom stereocenters. The molecule has 1 aromatic carbocycles. The average Bonchev–Trinajstić information content (AvgIpc) is 2.33. The van der Waals surface area contributed by atoms with Crippen molar-refractivity contribution in [2.45, 2.75) is 31.0 Å². The second-order valence-electron chi connectivity index (χ2n) is 4.98. The monoisotopic (exact) mass is 272 g/mol. The second kappa shape index (κ2) is 4.85. The van der Waals surface area contributed by atoms with Crippen molar-refractivity contribution in [1.29, 1.82) is 0 Å². The highest BCUT2D eigenvalue weighted by Gasteiger charge is 2.33. The van der Waals surface area contributed by atoms with Gasteiger partial charge in [0.2, 0.25) is 0 Å². The van der Waals surface area contributed by atoms with Crippen LogP contribution in [0, 0.1) is 0 Å². The maximum atomic E-state index is 12.5. The first kappa shape index (κ1) is 13.9. The molecule has 1 aliphatic rings. The van der Waals surface area contributed by atoms with Crippen molar-refractivity contribution in [3.05, 3.63) is 35.4 Å². The summed E-state index contributed by atoms with van der Waals surface area (Å²) in [5.41, 5.74) is 4.71. The Morgan fingerprint density at radius 2 is 2.05 bits per heavy atom. The van der Waals surface area contributed by atoms with Crippen LogP contribution in [0.4, 0.5) is 13.2 Å². The molecule has 2 rings (SSSR count). The van der Waals surface area contributed by atoms with Crippen LogP contribution >= 0.6 is 0 Å². The molecule has 0 aliphatic heterocycles. The fraction of sp³-hybridized carbons (Fsp3) is 0.462. The van der Waals surface area contributed by atoms with Crippen LogP contribution in [0.3, 0.4) is 0 Å². The van der Waals surface area contributed by atoms with Crippen molar-refractivity contribution in [2.75, 3.05) is 6.54 Å². The van der Waals surface area contributed by atoms with Crippen molar-refractivity contribution in [2.24, 2.45) is 5.73 Å². The van der Waals surface area contributed by atoms with E-state index in [1.54, 1.807) is 0 Å². The lowest BCUT2D eigenvalue weighted by molar-refractivity contribution is -0.137. The molecule has 0 heterocycles. The molecular formula is C13H15F3N2O. The molecule has 0 atom stereocenters. The van der Waals surface area contributed by atoms with Gasteiger partial charge in [-0.3, -0.25) is 4.79 Å². The zero-order valence-corrected chi connectivity index (χ0v) is 10.3. The predicted molar refractivity (Wildman–Crippen MR) is 64.5 cm³/mol. The number of carbonyl (C=O) groups is 1. The molecule has 1 saturated carbocycles. The van der Waals surface area contributed by atoms with E-state index in [0.717, 1.165) is 31.4 Å². The Labute approximate surface area is 109 Å². The molecule has 1 aliphatic carbocycles. The summed E-state index contributed by atoms with van der Waals surface area (Å²) in [7, 11) is 0. The van der Waals surface area contributed by atoms with Gasteiger partial charge in [0, 0.05) is 17.6 Å². The van der Waals surface area contributed by atoms with Gasteiger partial charge >= 0.3 is 6.18 Å². The second-order valence-corrected chi connectivity index (χ2v) is 4.98. The molecule has 6 heteroatoms. The van der Waals surface area contributed by atoms with E-state index in [-0.39, 0.29) is 5.56 Å². The maximum absolute atomic E-state index is 12.5. The highest BCUT2D eigenvalue weighted by Crippen LogP contribution is 2.30. The van der Waals surface area contributed by atoms with Crippen molar-refractivity contribution in [3.8, 4) is 0 Å². The van der Waals surface area contributed by atoms with E-state index >= 15 is 0 Å². The van der Waals surface area contributed by atoms with Crippen molar-refractivity contribution in [3.63, 3.8) is 0 Å². The number of hydrogen-bond acceptors (Lipinski definition) is 2. The van der Waals surface area contributed by atoms with E-state index in [2.05, 4.69) is 5.32 Å². The summed E-state index contributed by atoms with van der Waals surface area (Å²) in [6, 6.07) is 4.36. The Hall–Kier alpha value is -1.56. The van der Waals surface area contributed by atoms with Crippen LogP contribution < -0.4 is 11.1 Å². The number of nitrogens with one attached hydrogen (secondary N) is 1. The van der Waals surface area contributed by atoms with Crippen LogP contribution in [0.25, 0.3) is 0 Å². The zero-order valence-electron chi connectivity index (χ0n) is 10.3. The van der Waals surface area contributed by atoms with Gasteiger partial charge in [0.1, 0.15) is 0 Å². The van der Waals surface area contributed by atoms with E-state index in [1.165, 1.54) is 12.1 Å². The third-order valence-electron chi connectivity index (χ3n) is 3.40. The molecule has 104 valence electrons. The van der Waals surface area contributed by atoms with Crippen molar-refractivity contribution >= 4 is 5.91 Å². The molecule has 1 aromatic rings. The van der Waals surface area contributed by atoms with Crippen LogP contribution in [0.1, 0.15) is 35.2 Å². The van der Waals surface area contributed by atoms with Gasteiger partial charge in [-0.15, -0.1) is 0 Å². The van der Waals surface area contributed by atoms with E-state index in [0.29, 0.717) is 6.54 Å². The van der Waals surface area contributed by atoms with E-state index in [4.69, 9.17) is 5.73 Å². The van der Waals surface area contributed by atoms with Gasteiger partial charge in [-0.1, -0.05) is 6.07 Å². The lowest BCUT2D eigenvalue weighted by atomic mass is 9.78. The molecule has 19 heavy (non-hydrogen) atoms. The summed E-state index contributed by atoms with van der Waals surface area (Å²) < 4.78 is 37.6. The topological polar surface area (TPSA) is 55.1 Å². The summed E-state index contributed by atoms with van der Waals surface area (Å²) in [6.07, 6.45) is -1.76. The number of alkyl halides is 3. The molecule has 0 saturated heterocycles. The lowest BCUT2D eigenvalue weighted by Crippen LogP contribution is -2.54. The largest absolute Gasteiger partial charge is 0.416 e. The minimum atomic E-state index is -4.45. The van der Waals surface area contributed by atoms with E-state index < -0.39 is 23.2 Å². The summed E-state index contributed by atoms with van der Waals surface area (Å²) in [6.45, 7) is 0.294. The molecule has 3 N–H and O–H groups in total. The average molecular weight is 272 g/mol. The maximum Gasteiger partial charge on any atom is 0.416 e. The molecule has 1 amide bonds. The molecule has 1 fully saturated rings. The summed E-state index contributed by atoms with van der Waals surface area (Å²) in [5.74, 6) is -0.525. The van der Waals surface area contributed by atoms with Gasteiger partial charge in [0.25, 0.3) is 5.91 Å². The number of nitrogens with two attached hydrogens (primary N) is 1. The van der Waals surface area contributed by atoms with Gasteiger partial charge in [0.05, 0.1) is 5.56 Å². The highest BCUT2D eigenvalue weighted by atomic mass is 19.4. The number of hydrogen-bond donors (Lipinski definition) is 2. The van der Waals surface area contributed by atoms with Gasteiger partial charge in [0.15, 0.2) is 0 Å². The van der Waals surface area contributed by atoms with Crippen LogP contribution in [0.2, 0.25) is 0 Å². The third kappa shape index (κ3) is 3.26. The van der Waals surface area contributed by atoms with Crippen LogP contribution in [-0.2, 0) is 6.18 Å². The van der Waals surface area contributed by atoms with E-state index in [1.807, 2.05) is 0 Å². The Morgan fingerprint density at radius 3 is 2.58 bits per heavy atom. The SMILES string of the molecule is NC1(CNC(=O)c2cccc(C(F)(F)F)c2)CCC1. The lowest BCUT2D eigenvalue weighted by Gasteiger charge is -2.38. The van der Waals surface area contributed by atoms with Crippen molar-refractivity contribution in [1.82, 2.24) is 5.32 Å². The van der Waals surface area contributed by atoms with Crippen molar-refractivity contribution < 1.29 is 18.0 Å². The van der Waals surface area contributed by atoms with Gasteiger partial charge in [-0.05, 0) is 37.5 Å². The number of benzene rings is 1. The highest BCUT2D eigenvalue weighted by molar-refractivity contribution is 5.94. The van der Waals surface area contributed by atoms with Crippen LogP contribution in [0.5, 0.6) is 0 Å². The smallest absolute Gasteiger partial charge is 0.350 e. The fourth-order valence-electron chi connectivity index (χ4n) is 2.00. The molecule has 0 aromatic heterocycles. The predicted octanol–water partition coefficient (Wildman–Crippen LogP) is 2.32. The Kier molecular flexibility index (Phi) is 3.54. The van der Waals surface area contributed by atoms with Crippen LogP contribution in [0.15, 0.2) is 24.3 Å². The zero-order chi connectivity index (χ0) is 14.1. The first-order valence-corrected chi connectivity index (χ1v) is 6.05. The molecule has 0 spiro atoms. The number of carbonyl (C=O) groups excluding carboxylic acids is 1. The minimum Gasteiger partial charge on any atom is -0.350 e. The minimum absolute atomic E-state index is 0.00208. The standard InChI is InChI=1S/C13H15F3N2O/c14-13(15,16)10-4-1-3-9(7-10)11(19)18-8-12(17)5-2-6-12/h1,3-4,7H,2,5-6,8,17H2,(H,18,19). The molecule has 0 radical (unpaired) electrons. The van der Waals surface area contributed by atoms with Gasteiger partial charge in [-0.2, -0.15) is 13.2 Å². The third-order valence-corrected chi connectivity index (χ3v) is 3.40. The summed E-state index contributed by atoms with van der Waals surface area (Å²) >= 11 is 0. The van der Waals surface area contributed by atoms with Gasteiger partial charge < -0.3 is 11.1 Å². The summed E-state index contributed by atoms with van der Waals surface area (Å²) in [4.78, 5) is 11.8.